The molecule has 112 valence electrons. The molecule has 6 nitrogen and oxygen atoms in total. The molecule has 0 aromatic rings. The van der Waals surface area contributed by atoms with Crippen molar-refractivity contribution in [1.29, 1.82) is 0 Å². The number of esters is 1. The third kappa shape index (κ3) is 5.87. The topological polar surface area (TPSA) is 71.1 Å². The minimum absolute atomic E-state index is 0.138. The number of carbonyl (C=O) groups excluding carboxylic acids is 1. The van der Waals surface area contributed by atoms with Gasteiger partial charge in [0.15, 0.2) is 0 Å². The Kier molecular flexibility index (Phi) is 8.93. The fourth-order valence-corrected chi connectivity index (χ4v) is 3.00. The summed E-state index contributed by atoms with van der Waals surface area (Å²) in [6, 6.07) is 0. The Bertz CT molecular complexity index is 320. The van der Waals surface area contributed by atoms with Crippen molar-refractivity contribution in [1.82, 2.24) is 0 Å². The molecule has 7 heteroatoms. The number of hydrogen-bond acceptors (Lipinski definition) is 6. The molecule has 0 rings (SSSR count). The molecule has 2 atom stereocenters. The molecule has 0 aliphatic rings. The van der Waals surface area contributed by atoms with Gasteiger partial charge in [0.05, 0.1) is 25.9 Å². The van der Waals surface area contributed by atoms with E-state index in [1.807, 2.05) is 0 Å². The summed E-state index contributed by atoms with van der Waals surface area (Å²) >= 11 is 0. The van der Waals surface area contributed by atoms with E-state index in [-0.39, 0.29) is 19.8 Å². The van der Waals surface area contributed by atoms with Crippen LogP contribution in [0.3, 0.4) is 0 Å². The smallest absolute Gasteiger partial charge is 0.370 e. The third-order valence-electron chi connectivity index (χ3n) is 2.07. The van der Waals surface area contributed by atoms with Crippen LogP contribution in [0.25, 0.3) is 0 Å². The Balaban J connectivity index is 5.19. The summed E-state index contributed by atoms with van der Waals surface area (Å²) in [6.45, 7) is 10.6. The van der Waals surface area contributed by atoms with E-state index >= 15 is 0 Å². The summed E-state index contributed by atoms with van der Waals surface area (Å²) in [5, 5.41) is 0. The van der Waals surface area contributed by atoms with Gasteiger partial charge in [0.25, 0.3) is 5.85 Å². The fraction of sp³-hybridized carbons (Fsp3) is 0.750. The van der Waals surface area contributed by atoms with Crippen molar-refractivity contribution in [2.24, 2.45) is 0 Å². The lowest BCUT2D eigenvalue weighted by molar-refractivity contribution is -0.153. The highest BCUT2D eigenvalue weighted by molar-refractivity contribution is 7.55. The van der Waals surface area contributed by atoms with Crippen molar-refractivity contribution >= 4 is 13.6 Å². The van der Waals surface area contributed by atoms with Gasteiger partial charge in [0.2, 0.25) is 0 Å². The molecule has 0 aliphatic heterocycles. The molecule has 0 saturated heterocycles. The second-order valence-corrected chi connectivity index (χ2v) is 5.62. The predicted octanol–water partition coefficient (Wildman–Crippen LogP) is 2.73. The van der Waals surface area contributed by atoms with Crippen molar-refractivity contribution in [3.8, 4) is 0 Å². The van der Waals surface area contributed by atoms with E-state index in [0.717, 1.165) is 0 Å². The molecule has 0 aromatic carbocycles. The zero-order valence-electron chi connectivity index (χ0n) is 12.0. The van der Waals surface area contributed by atoms with Gasteiger partial charge in [0, 0.05) is 0 Å². The SMILES string of the molecule is C=C[C@H](C)O[C@H](C(=O)OCC)P(=O)(OCC)OCC. The maximum atomic E-state index is 12.6. The van der Waals surface area contributed by atoms with Crippen LogP contribution in [0.15, 0.2) is 12.7 Å². The van der Waals surface area contributed by atoms with E-state index in [9.17, 15) is 9.36 Å². The predicted molar refractivity (Wildman–Crippen MR) is 72.0 cm³/mol. The summed E-state index contributed by atoms with van der Waals surface area (Å²) in [6.07, 6.45) is 0.998. The second kappa shape index (κ2) is 9.26. The van der Waals surface area contributed by atoms with Crippen LogP contribution in [0.4, 0.5) is 0 Å². The van der Waals surface area contributed by atoms with Gasteiger partial charge in [-0.05, 0) is 27.7 Å². The summed E-state index contributed by atoms with van der Waals surface area (Å²) in [5.41, 5.74) is 0. The highest BCUT2D eigenvalue weighted by Gasteiger charge is 2.44. The highest BCUT2D eigenvalue weighted by Crippen LogP contribution is 2.54. The van der Waals surface area contributed by atoms with Gasteiger partial charge < -0.3 is 18.5 Å². The first-order valence-corrected chi connectivity index (χ1v) is 7.89. The second-order valence-electron chi connectivity index (χ2n) is 3.56. The molecule has 0 fully saturated rings. The molecule has 19 heavy (non-hydrogen) atoms. The molecule has 0 N–H and O–H groups in total. The van der Waals surface area contributed by atoms with Crippen LogP contribution in [-0.4, -0.2) is 37.7 Å². The lowest BCUT2D eigenvalue weighted by atomic mass is 10.4. The molecule has 0 aromatic heterocycles. The Morgan fingerprint density at radius 3 is 2.11 bits per heavy atom. The maximum absolute atomic E-state index is 12.6. The van der Waals surface area contributed by atoms with Gasteiger partial charge in [-0.1, -0.05) is 6.08 Å². The Morgan fingerprint density at radius 1 is 1.21 bits per heavy atom. The lowest BCUT2D eigenvalue weighted by Crippen LogP contribution is -2.31. The monoisotopic (exact) mass is 294 g/mol. The van der Waals surface area contributed by atoms with Crippen LogP contribution in [0, 0.1) is 0 Å². The molecular formula is C12H23O6P. The molecule has 0 bridgehead atoms. The van der Waals surface area contributed by atoms with E-state index < -0.39 is 25.5 Å². The molecule has 0 amide bonds. The molecule has 0 aliphatic carbocycles. The summed E-state index contributed by atoms with van der Waals surface area (Å²) in [7, 11) is -3.73. The van der Waals surface area contributed by atoms with E-state index in [1.165, 1.54) is 6.08 Å². The fourth-order valence-electron chi connectivity index (χ4n) is 1.26. The van der Waals surface area contributed by atoms with Gasteiger partial charge in [-0.2, -0.15) is 0 Å². The molecule has 0 radical (unpaired) electrons. The van der Waals surface area contributed by atoms with E-state index in [2.05, 4.69) is 6.58 Å². The van der Waals surface area contributed by atoms with Crippen LogP contribution in [0.1, 0.15) is 27.7 Å². The van der Waals surface area contributed by atoms with Crippen molar-refractivity contribution in [2.75, 3.05) is 19.8 Å². The highest BCUT2D eigenvalue weighted by atomic mass is 31.2. The maximum Gasteiger partial charge on any atom is 0.370 e. The zero-order chi connectivity index (χ0) is 14.9. The first kappa shape index (κ1) is 18.3. The molecule has 0 spiro atoms. The quantitative estimate of drug-likeness (QED) is 0.350. The first-order chi connectivity index (χ1) is 8.95. The third-order valence-corrected chi connectivity index (χ3v) is 4.21. The minimum Gasteiger partial charge on any atom is -0.464 e. The average Bonchev–Trinajstić information content (AvgIpc) is 2.36. The van der Waals surface area contributed by atoms with Gasteiger partial charge in [0.1, 0.15) is 0 Å². The Labute approximate surface area is 114 Å². The van der Waals surface area contributed by atoms with Crippen molar-refractivity contribution < 1.29 is 27.9 Å². The van der Waals surface area contributed by atoms with Crippen molar-refractivity contribution in [3.05, 3.63) is 12.7 Å². The standard InChI is InChI=1S/C12H23O6P/c1-6-10(5)18-12(11(13)15-7-2)19(14,16-8-3)17-9-4/h6,10,12H,1,7-9H2,2-5H3/t10-,12-/m0/s1. The number of hydrogen-bond donors (Lipinski definition) is 0. The molecule has 0 saturated carbocycles. The van der Waals surface area contributed by atoms with Crippen LogP contribution in [0.2, 0.25) is 0 Å². The number of rotatable bonds is 10. The van der Waals surface area contributed by atoms with E-state index in [0.29, 0.717) is 0 Å². The van der Waals surface area contributed by atoms with Crippen LogP contribution in [0.5, 0.6) is 0 Å². The normalized spacial score (nSPS) is 14.7. The molecule has 0 heterocycles. The van der Waals surface area contributed by atoms with E-state index in [1.54, 1.807) is 27.7 Å². The van der Waals surface area contributed by atoms with Gasteiger partial charge in [-0.25, -0.2) is 4.79 Å². The zero-order valence-corrected chi connectivity index (χ0v) is 12.9. The van der Waals surface area contributed by atoms with Crippen molar-refractivity contribution in [3.63, 3.8) is 0 Å². The molecular weight excluding hydrogens is 271 g/mol. The Hall–Kier alpha value is -0.680. The largest absolute Gasteiger partial charge is 0.464 e. The van der Waals surface area contributed by atoms with Crippen LogP contribution >= 0.6 is 7.60 Å². The number of carbonyl (C=O) groups is 1. The summed E-state index contributed by atoms with van der Waals surface area (Å²) < 4.78 is 33.0. The molecule has 0 unspecified atom stereocenters. The van der Waals surface area contributed by atoms with Crippen LogP contribution < -0.4 is 0 Å². The first-order valence-electron chi connectivity index (χ1n) is 6.28. The van der Waals surface area contributed by atoms with E-state index in [4.69, 9.17) is 18.5 Å². The lowest BCUT2D eigenvalue weighted by Gasteiger charge is -2.26. The summed E-state index contributed by atoms with van der Waals surface area (Å²) in [5.74, 6) is -2.17. The average molecular weight is 294 g/mol. The van der Waals surface area contributed by atoms with Gasteiger partial charge in [-0.15, -0.1) is 6.58 Å². The summed E-state index contributed by atoms with van der Waals surface area (Å²) in [4.78, 5) is 11.9. The Morgan fingerprint density at radius 2 is 1.74 bits per heavy atom. The minimum atomic E-state index is -3.73. The van der Waals surface area contributed by atoms with Crippen molar-refractivity contribution in [2.45, 2.75) is 39.6 Å². The number of ether oxygens (including phenoxy) is 2. The van der Waals surface area contributed by atoms with Crippen LogP contribution in [-0.2, 0) is 27.9 Å². The van der Waals surface area contributed by atoms with Gasteiger partial charge >= 0.3 is 13.6 Å². The van der Waals surface area contributed by atoms with Gasteiger partial charge in [-0.3, -0.25) is 4.57 Å².